The van der Waals surface area contributed by atoms with E-state index in [0.29, 0.717) is 6.04 Å². The molecule has 2 rings (SSSR count). The molecule has 1 fully saturated rings. The Morgan fingerprint density at radius 3 is 2.85 bits per heavy atom. The molecule has 70 valence electrons. The molecule has 4 heteroatoms. The highest BCUT2D eigenvalue weighted by atomic mass is 127. The first-order valence-corrected chi connectivity index (χ1v) is 5.63. The molecule has 1 aromatic carbocycles. The van der Waals surface area contributed by atoms with Crippen LogP contribution in [0, 0.1) is 3.57 Å². The third kappa shape index (κ3) is 2.27. The number of halogens is 2. The van der Waals surface area contributed by atoms with Gasteiger partial charge in [0, 0.05) is 27.4 Å². The fourth-order valence-electron chi connectivity index (χ4n) is 1.22. The maximum absolute atomic E-state index is 5.90. The summed E-state index contributed by atoms with van der Waals surface area (Å²) < 4.78 is 1.22. The molecule has 2 N–H and O–H groups in total. The second-order valence-corrected chi connectivity index (χ2v) is 4.72. The van der Waals surface area contributed by atoms with Gasteiger partial charge in [-0.15, -0.1) is 0 Å². The van der Waals surface area contributed by atoms with Crippen molar-refractivity contribution in [1.82, 2.24) is 5.32 Å². The van der Waals surface area contributed by atoms with Crippen molar-refractivity contribution in [2.75, 3.05) is 18.4 Å². The fraction of sp³-hybridized carbons (Fsp3) is 0.333. The molecule has 0 aromatic heterocycles. The fourth-order valence-corrected chi connectivity index (χ4v) is 1.88. The first-order chi connectivity index (χ1) is 6.25. The van der Waals surface area contributed by atoms with Crippen LogP contribution in [0.25, 0.3) is 0 Å². The molecule has 0 bridgehead atoms. The molecule has 1 aliphatic heterocycles. The third-order valence-electron chi connectivity index (χ3n) is 2.07. The van der Waals surface area contributed by atoms with Crippen LogP contribution in [0.5, 0.6) is 0 Å². The smallest absolute Gasteiger partial charge is 0.0510 e. The molecule has 1 aliphatic rings. The maximum Gasteiger partial charge on any atom is 0.0510 e. The van der Waals surface area contributed by atoms with Crippen molar-refractivity contribution in [3.8, 4) is 0 Å². The van der Waals surface area contributed by atoms with Crippen molar-refractivity contribution < 1.29 is 0 Å². The second-order valence-electron chi connectivity index (χ2n) is 3.12. The molecular formula is C9H10ClIN2. The summed E-state index contributed by atoms with van der Waals surface area (Å²) in [5.41, 5.74) is 1.14. The van der Waals surface area contributed by atoms with Crippen LogP contribution in [-0.2, 0) is 0 Å². The van der Waals surface area contributed by atoms with E-state index in [1.54, 1.807) is 0 Å². The van der Waals surface area contributed by atoms with E-state index in [1.165, 1.54) is 3.57 Å². The lowest BCUT2D eigenvalue weighted by atomic mass is 10.1. The highest BCUT2D eigenvalue weighted by molar-refractivity contribution is 14.1. The molecule has 1 heterocycles. The van der Waals surface area contributed by atoms with E-state index in [9.17, 15) is 0 Å². The highest BCUT2D eigenvalue weighted by Gasteiger charge is 2.16. The average molecular weight is 309 g/mol. The highest BCUT2D eigenvalue weighted by Crippen LogP contribution is 2.23. The van der Waals surface area contributed by atoms with Crippen molar-refractivity contribution in [3.05, 3.63) is 26.8 Å². The minimum atomic E-state index is 0.562. The second kappa shape index (κ2) is 4.02. The summed E-state index contributed by atoms with van der Waals surface area (Å²) in [7, 11) is 0. The van der Waals surface area contributed by atoms with E-state index in [4.69, 9.17) is 11.6 Å². The Kier molecular flexibility index (Phi) is 2.96. The van der Waals surface area contributed by atoms with E-state index in [1.807, 2.05) is 18.2 Å². The zero-order chi connectivity index (χ0) is 9.26. The zero-order valence-electron chi connectivity index (χ0n) is 6.98. The SMILES string of the molecule is Clc1ccc(I)c(NC2CNC2)c1. The molecule has 0 saturated carbocycles. The molecule has 2 nitrogen and oxygen atoms in total. The molecule has 1 aromatic rings. The van der Waals surface area contributed by atoms with Gasteiger partial charge in [0.05, 0.1) is 6.04 Å². The van der Waals surface area contributed by atoms with Crippen LogP contribution in [-0.4, -0.2) is 19.1 Å². The molecule has 13 heavy (non-hydrogen) atoms. The Morgan fingerprint density at radius 1 is 1.46 bits per heavy atom. The van der Waals surface area contributed by atoms with Gasteiger partial charge in [-0.2, -0.15) is 0 Å². The minimum Gasteiger partial charge on any atom is -0.379 e. The van der Waals surface area contributed by atoms with Crippen molar-refractivity contribution in [2.45, 2.75) is 6.04 Å². The summed E-state index contributed by atoms with van der Waals surface area (Å²) in [6.07, 6.45) is 0. The molecule has 0 aliphatic carbocycles. The Balaban J connectivity index is 2.13. The Hall–Kier alpha value is -0.0000000000000000833. The summed E-state index contributed by atoms with van der Waals surface area (Å²) >= 11 is 8.21. The van der Waals surface area contributed by atoms with E-state index in [-0.39, 0.29) is 0 Å². The summed E-state index contributed by atoms with van der Waals surface area (Å²) in [5, 5.41) is 7.44. The Bertz CT molecular complexity index is 312. The summed E-state index contributed by atoms with van der Waals surface area (Å²) in [6, 6.07) is 6.47. The van der Waals surface area contributed by atoms with Crippen LogP contribution < -0.4 is 10.6 Å². The summed E-state index contributed by atoms with van der Waals surface area (Å²) in [6.45, 7) is 2.09. The van der Waals surface area contributed by atoms with Gasteiger partial charge in [0.15, 0.2) is 0 Å². The molecule has 0 unspecified atom stereocenters. The van der Waals surface area contributed by atoms with Gasteiger partial charge in [-0.1, -0.05) is 11.6 Å². The number of nitrogens with one attached hydrogen (secondary N) is 2. The van der Waals surface area contributed by atoms with Crippen molar-refractivity contribution >= 4 is 39.9 Å². The number of hydrogen-bond donors (Lipinski definition) is 2. The topological polar surface area (TPSA) is 24.1 Å². The lowest BCUT2D eigenvalue weighted by Crippen LogP contribution is -2.51. The van der Waals surface area contributed by atoms with Crippen molar-refractivity contribution in [2.24, 2.45) is 0 Å². The van der Waals surface area contributed by atoms with Gasteiger partial charge >= 0.3 is 0 Å². The van der Waals surface area contributed by atoms with Gasteiger partial charge < -0.3 is 10.6 Å². The lowest BCUT2D eigenvalue weighted by Gasteiger charge is -2.29. The van der Waals surface area contributed by atoms with Gasteiger partial charge in [-0.25, -0.2) is 0 Å². The van der Waals surface area contributed by atoms with Gasteiger partial charge in [-0.3, -0.25) is 0 Å². The lowest BCUT2D eigenvalue weighted by molar-refractivity contribution is 0.472. The largest absolute Gasteiger partial charge is 0.379 e. The number of benzene rings is 1. The third-order valence-corrected chi connectivity index (χ3v) is 3.25. The first kappa shape index (κ1) is 9.55. The number of rotatable bonds is 2. The van der Waals surface area contributed by atoms with E-state index in [0.717, 1.165) is 23.8 Å². The number of hydrogen-bond acceptors (Lipinski definition) is 2. The molecule has 0 radical (unpaired) electrons. The van der Waals surface area contributed by atoms with Crippen LogP contribution >= 0.6 is 34.2 Å². The molecule has 1 saturated heterocycles. The van der Waals surface area contributed by atoms with Crippen molar-refractivity contribution in [1.29, 1.82) is 0 Å². The van der Waals surface area contributed by atoms with Crippen LogP contribution in [0.4, 0.5) is 5.69 Å². The van der Waals surface area contributed by atoms with E-state index in [2.05, 4.69) is 33.2 Å². The van der Waals surface area contributed by atoms with Crippen LogP contribution in [0.3, 0.4) is 0 Å². The predicted molar refractivity (Wildman–Crippen MR) is 64.4 cm³/mol. The summed E-state index contributed by atoms with van der Waals surface area (Å²) in [5.74, 6) is 0. The van der Waals surface area contributed by atoms with Crippen LogP contribution in [0.15, 0.2) is 18.2 Å². The normalized spacial score (nSPS) is 16.8. The van der Waals surface area contributed by atoms with Crippen LogP contribution in [0.2, 0.25) is 5.02 Å². The predicted octanol–water partition coefficient (Wildman–Crippen LogP) is 2.33. The van der Waals surface area contributed by atoms with Crippen LogP contribution in [0.1, 0.15) is 0 Å². The van der Waals surface area contributed by atoms with E-state index >= 15 is 0 Å². The maximum atomic E-state index is 5.90. The van der Waals surface area contributed by atoms with Crippen molar-refractivity contribution in [3.63, 3.8) is 0 Å². The van der Waals surface area contributed by atoms with Gasteiger partial charge in [-0.05, 0) is 40.8 Å². The Morgan fingerprint density at radius 2 is 2.23 bits per heavy atom. The standard InChI is InChI=1S/C9H10ClIN2/c10-6-1-2-8(11)9(3-6)13-7-4-12-5-7/h1-3,7,12-13H,4-5H2. The zero-order valence-corrected chi connectivity index (χ0v) is 9.89. The molecular weight excluding hydrogens is 298 g/mol. The van der Waals surface area contributed by atoms with Gasteiger partial charge in [0.2, 0.25) is 0 Å². The van der Waals surface area contributed by atoms with E-state index < -0.39 is 0 Å². The quantitative estimate of drug-likeness (QED) is 0.820. The van der Waals surface area contributed by atoms with Gasteiger partial charge in [0.25, 0.3) is 0 Å². The molecule has 0 amide bonds. The summed E-state index contributed by atoms with van der Waals surface area (Å²) in [4.78, 5) is 0. The average Bonchev–Trinajstić information content (AvgIpc) is 2.03. The number of anilines is 1. The minimum absolute atomic E-state index is 0.562. The molecule has 0 spiro atoms. The first-order valence-electron chi connectivity index (χ1n) is 4.18. The van der Waals surface area contributed by atoms with Gasteiger partial charge in [0.1, 0.15) is 0 Å². The molecule has 0 atom stereocenters. The monoisotopic (exact) mass is 308 g/mol. The Labute approximate surface area is 96.2 Å².